The summed E-state index contributed by atoms with van der Waals surface area (Å²) in [6.07, 6.45) is 1.13. The van der Waals surface area contributed by atoms with Crippen LogP contribution >= 0.6 is 15.9 Å². The van der Waals surface area contributed by atoms with E-state index in [0.717, 1.165) is 17.5 Å². The molecule has 2 rings (SSSR count). The molecule has 2 unspecified atom stereocenters. The van der Waals surface area contributed by atoms with Gasteiger partial charge in [0.1, 0.15) is 5.82 Å². The molecule has 0 saturated heterocycles. The first-order valence-electron chi connectivity index (χ1n) is 7.29. The number of halogens is 2. The number of rotatable bonds is 5. The van der Waals surface area contributed by atoms with E-state index in [4.69, 9.17) is 0 Å². The van der Waals surface area contributed by atoms with Crippen LogP contribution in [0.3, 0.4) is 0 Å². The Balaban J connectivity index is 2.35. The zero-order valence-corrected chi connectivity index (χ0v) is 14.2. The van der Waals surface area contributed by atoms with Crippen LogP contribution in [0.25, 0.3) is 0 Å². The number of hydrogen-bond acceptors (Lipinski definition) is 1. The maximum absolute atomic E-state index is 13.7. The summed E-state index contributed by atoms with van der Waals surface area (Å²) in [6.45, 7) is 4.42. The second-order valence-corrected chi connectivity index (χ2v) is 6.13. The van der Waals surface area contributed by atoms with E-state index in [-0.39, 0.29) is 11.9 Å². The van der Waals surface area contributed by atoms with Crippen LogP contribution in [-0.4, -0.2) is 7.05 Å². The molecule has 0 aliphatic rings. The van der Waals surface area contributed by atoms with Gasteiger partial charge in [0.15, 0.2) is 0 Å². The fourth-order valence-corrected chi connectivity index (χ4v) is 2.99. The highest BCUT2D eigenvalue weighted by Crippen LogP contribution is 2.31. The van der Waals surface area contributed by atoms with E-state index >= 15 is 0 Å². The van der Waals surface area contributed by atoms with Crippen molar-refractivity contribution >= 4 is 15.9 Å². The Morgan fingerprint density at radius 1 is 1.10 bits per heavy atom. The van der Waals surface area contributed by atoms with Crippen LogP contribution in [0.2, 0.25) is 0 Å². The van der Waals surface area contributed by atoms with Crippen LogP contribution in [0.1, 0.15) is 48.9 Å². The van der Waals surface area contributed by atoms with Gasteiger partial charge < -0.3 is 5.32 Å². The highest BCUT2D eigenvalue weighted by molar-refractivity contribution is 9.10. The van der Waals surface area contributed by atoms with Crippen molar-refractivity contribution < 1.29 is 4.39 Å². The van der Waals surface area contributed by atoms with Crippen LogP contribution in [0.4, 0.5) is 4.39 Å². The van der Waals surface area contributed by atoms with Gasteiger partial charge in [-0.25, -0.2) is 4.39 Å². The minimum absolute atomic E-state index is 0.0268. The quantitative estimate of drug-likeness (QED) is 0.760. The monoisotopic (exact) mass is 349 g/mol. The van der Waals surface area contributed by atoms with Gasteiger partial charge in [-0.15, -0.1) is 0 Å². The van der Waals surface area contributed by atoms with E-state index in [9.17, 15) is 4.39 Å². The molecule has 2 aromatic carbocycles. The van der Waals surface area contributed by atoms with E-state index < -0.39 is 0 Å². The largest absolute Gasteiger partial charge is 0.309 e. The van der Waals surface area contributed by atoms with Crippen molar-refractivity contribution in [2.45, 2.75) is 32.2 Å². The normalized spacial score (nSPS) is 14.0. The molecule has 0 aliphatic carbocycles. The Hall–Kier alpha value is -1.19. The SMILES string of the molecule is CCC(C)c1ccc(C(NC)c2cccc(F)c2Br)cc1. The number of benzene rings is 2. The van der Waals surface area contributed by atoms with Gasteiger partial charge in [0, 0.05) is 0 Å². The topological polar surface area (TPSA) is 12.0 Å². The first kappa shape index (κ1) is 16.2. The molecule has 0 heterocycles. The lowest BCUT2D eigenvalue weighted by atomic mass is 9.93. The average Bonchev–Trinajstić information content (AvgIpc) is 2.52. The highest BCUT2D eigenvalue weighted by Gasteiger charge is 2.17. The molecule has 3 heteroatoms. The molecule has 0 saturated carbocycles. The lowest BCUT2D eigenvalue weighted by Gasteiger charge is -2.20. The molecule has 112 valence electrons. The Labute approximate surface area is 134 Å². The molecular formula is C18H21BrFN. The van der Waals surface area contributed by atoms with E-state index in [1.807, 2.05) is 13.1 Å². The Kier molecular flexibility index (Phi) is 5.54. The molecule has 1 nitrogen and oxygen atoms in total. The smallest absolute Gasteiger partial charge is 0.137 e. The van der Waals surface area contributed by atoms with Gasteiger partial charge in [-0.3, -0.25) is 0 Å². The maximum Gasteiger partial charge on any atom is 0.137 e. The fourth-order valence-electron chi connectivity index (χ4n) is 2.50. The van der Waals surface area contributed by atoms with E-state index in [0.29, 0.717) is 10.4 Å². The molecular weight excluding hydrogens is 329 g/mol. The van der Waals surface area contributed by atoms with Crippen LogP contribution < -0.4 is 5.32 Å². The van der Waals surface area contributed by atoms with Gasteiger partial charge in [0.05, 0.1) is 10.5 Å². The van der Waals surface area contributed by atoms with Crippen molar-refractivity contribution in [2.75, 3.05) is 7.05 Å². The van der Waals surface area contributed by atoms with Gasteiger partial charge in [0.2, 0.25) is 0 Å². The predicted octanol–water partition coefficient (Wildman–Crippen LogP) is 5.41. The zero-order valence-electron chi connectivity index (χ0n) is 12.7. The molecule has 0 aliphatic heterocycles. The van der Waals surface area contributed by atoms with Crippen molar-refractivity contribution in [3.05, 3.63) is 69.4 Å². The van der Waals surface area contributed by atoms with E-state index in [1.165, 1.54) is 11.6 Å². The van der Waals surface area contributed by atoms with Gasteiger partial charge in [-0.05, 0) is 58.1 Å². The Morgan fingerprint density at radius 3 is 2.29 bits per heavy atom. The lowest BCUT2D eigenvalue weighted by molar-refractivity contribution is 0.608. The molecule has 2 atom stereocenters. The summed E-state index contributed by atoms with van der Waals surface area (Å²) in [4.78, 5) is 0. The van der Waals surface area contributed by atoms with Crippen molar-refractivity contribution in [3.63, 3.8) is 0 Å². The van der Waals surface area contributed by atoms with Gasteiger partial charge in [-0.1, -0.05) is 50.2 Å². The average molecular weight is 350 g/mol. The first-order valence-corrected chi connectivity index (χ1v) is 8.08. The van der Waals surface area contributed by atoms with Crippen molar-refractivity contribution in [1.29, 1.82) is 0 Å². The maximum atomic E-state index is 13.7. The third-order valence-corrected chi connectivity index (χ3v) is 4.87. The summed E-state index contributed by atoms with van der Waals surface area (Å²) >= 11 is 3.35. The second kappa shape index (κ2) is 7.19. The molecule has 0 aromatic heterocycles. The van der Waals surface area contributed by atoms with E-state index in [1.54, 1.807) is 6.07 Å². The van der Waals surface area contributed by atoms with Crippen LogP contribution in [0, 0.1) is 5.82 Å². The Morgan fingerprint density at radius 2 is 1.71 bits per heavy atom. The predicted molar refractivity (Wildman–Crippen MR) is 90.2 cm³/mol. The second-order valence-electron chi connectivity index (χ2n) is 5.34. The molecule has 1 N–H and O–H groups in total. The molecule has 0 amide bonds. The van der Waals surface area contributed by atoms with E-state index in [2.05, 4.69) is 59.4 Å². The minimum Gasteiger partial charge on any atom is -0.309 e. The molecule has 0 bridgehead atoms. The van der Waals surface area contributed by atoms with Crippen LogP contribution in [-0.2, 0) is 0 Å². The van der Waals surface area contributed by atoms with Crippen molar-refractivity contribution in [2.24, 2.45) is 0 Å². The summed E-state index contributed by atoms with van der Waals surface area (Å²) in [7, 11) is 1.89. The molecule has 21 heavy (non-hydrogen) atoms. The first-order chi connectivity index (χ1) is 10.1. The number of nitrogens with one attached hydrogen (secondary N) is 1. The third kappa shape index (κ3) is 3.53. The van der Waals surface area contributed by atoms with Crippen molar-refractivity contribution in [3.8, 4) is 0 Å². The van der Waals surface area contributed by atoms with Gasteiger partial charge in [-0.2, -0.15) is 0 Å². The van der Waals surface area contributed by atoms with Crippen LogP contribution in [0.5, 0.6) is 0 Å². The summed E-state index contributed by atoms with van der Waals surface area (Å²) in [5.41, 5.74) is 3.39. The third-order valence-electron chi connectivity index (χ3n) is 4.03. The zero-order chi connectivity index (χ0) is 15.4. The van der Waals surface area contributed by atoms with Crippen molar-refractivity contribution in [1.82, 2.24) is 5.32 Å². The molecule has 0 spiro atoms. The standard InChI is InChI=1S/C18H21BrFN/c1-4-12(2)13-8-10-14(11-9-13)18(21-3)15-6-5-7-16(20)17(15)19/h5-12,18,21H,4H2,1-3H3. The summed E-state index contributed by atoms with van der Waals surface area (Å²) < 4.78 is 14.3. The van der Waals surface area contributed by atoms with Crippen LogP contribution in [0.15, 0.2) is 46.9 Å². The minimum atomic E-state index is -0.232. The summed E-state index contributed by atoms with van der Waals surface area (Å²) in [5.74, 6) is 0.331. The molecule has 2 aromatic rings. The summed E-state index contributed by atoms with van der Waals surface area (Å²) in [6, 6.07) is 13.7. The molecule has 0 fully saturated rings. The highest BCUT2D eigenvalue weighted by atomic mass is 79.9. The fraction of sp³-hybridized carbons (Fsp3) is 0.333. The molecule has 0 radical (unpaired) electrons. The Bertz CT molecular complexity index is 595. The van der Waals surface area contributed by atoms with Gasteiger partial charge in [0.25, 0.3) is 0 Å². The number of hydrogen-bond donors (Lipinski definition) is 1. The summed E-state index contributed by atoms with van der Waals surface area (Å²) in [5, 5.41) is 3.27. The lowest BCUT2D eigenvalue weighted by Crippen LogP contribution is -2.18. The van der Waals surface area contributed by atoms with Gasteiger partial charge >= 0.3 is 0 Å².